The Hall–Kier alpha value is -1.43. The maximum Gasteiger partial charge on any atom is 0.313 e. The van der Waals surface area contributed by atoms with E-state index in [-0.39, 0.29) is 28.6 Å². The average molecular weight is 240 g/mol. The molecular formula is C11H20N4O2. The van der Waals surface area contributed by atoms with Gasteiger partial charge in [0.05, 0.1) is 4.92 Å². The Labute approximate surface area is 101 Å². The standard InChI is InChI=1S/C11H20N4O2/c1-6(2)14-10(7(3)8(4)12)11(15(16)17)9(5)13-14/h6-8H,12H2,1-5H3. The molecule has 1 rings (SSSR count). The fourth-order valence-electron chi connectivity index (χ4n) is 1.85. The first kappa shape index (κ1) is 13.6. The molecule has 0 saturated carbocycles. The smallest absolute Gasteiger partial charge is 0.313 e. The predicted molar refractivity (Wildman–Crippen MR) is 66.1 cm³/mol. The SMILES string of the molecule is Cc1nn(C(C)C)c(C(C)C(C)N)c1[N+](=O)[O-]. The number of nitrogens with zero attached hydrogens (tertiary/aromatic N) is 3. The third-order valence-electron chi connectivity index (χ3n) is 2.98. The van der Waals surface area contributed by atoms with Crippen LogP contribution in [0.25, 0.3) is 0 Å². The maximum absolute atomic E-state index is 11.1. The van der Waals surface area contributed by atoms with Crippen molar-refractivity contribution in [1.82, 2.24) is 9.78 Å². The van der Waals surface area contributed by atoms with Crippen LogP contribution in [0.3, 0.4) is 0 Å². The maximum atomic E-state index is 11.1. The van der Waals surface area contributed by atoms with E-state index >= 15 is 0 Å². The Morgan fingerprint density at radius 3 is 2.24 bits per heavy atom. The van der Waals surface area contributed by atoms with Crippen molar-refractivity contribution >= 4 is 5.69 Å². The summed E-state index contributed by atoms with van der Waals surface area (Å²) in [5.74, 6) is -0.0981. The third kappa shape index (κ3) is 2.46. The fourth-order valence-corrected chi connectivity index (χ4v) is 1.85. The number of nitro groups is 1. The van der Waals surface area contributed by atoms with Crippen LogP contribution in [0.1, 0.15) is 51.0 Å². The zero-order chi connectivity index (χ0) is 13.3. The molecule has 1 aromatic rings. The van der Waals surface area contributed by atoms with Gasteiger partial charge in [-0.05, 0) is 27.7 Å². The number of hydrogen-bond acceptors (Lipinski definition) is 4. The molecule has 0 aliphatic heterocycles. The molecule has 2 atom stereocenters. The third-order valence-corrected chi connectivity index (χ3v) is 2.98. The van der Waals surface area contributed by atoms with Gasteiger partial charge in [0.15, 0.2) is 0 Å². The van der Waals surface area contributed by atoms with E-state index in [1.165, 1.54) is 0 Å². The summed E-state index contributed by atoms with van der Waals surface area (Å²) in [6.07, 6.45) is 0. The molecule has 0 bridgehead atoms. The van der Waals surface area contributed by atoms with Gasteiger partial charge in [-0.15, -0.1) is 0 Å². The predicted octanol–water partition coefficient (Wildman–Crippen LogP) is 2.13. The summed E-state index contributed by atoms with van der Waals surface area (Å²) in [6, 6.07) is -0.0686. The van der Waals surface area contributed by atoms with Gasteiger partial charge in [-0.1, -0.05) is 6.92 Å². The molecule has 0 fully saturated rings. The largest absolute Gasteiger partial charge is 0.327 e. The van der Waals surface area contributed by atoms with Crippen LogP contribution in [-0.2, 0) is 0 Å². The lowest BCUT2D eigenvalue weighted by atomic mass is 9.98. The van der Waals surface area contributed by atoms with E-state index in [1.54, 1.807) is 11.6 Å². The normalized spacial score (nSPS) is 15.0. The second-order valence-corrected chi connectivity index (χ2v) is 4.76. The number of aromatic nitrogens is 2. The molecule has 0 aromatic carbocycles. The Bertz CT molecular complexity index is 423. The molecule has 0 radical (unpaired) electrons. The Morgan fingerprint density at radius 1 is 1.35 bits per heavy atom. The molecule has 0 spiro atoms. The first-order chi connectivity index (χ1) is 7.77. The summed E-state index contributed by atoms with van der Waals surface area (Å²) in [5.41, 5.74) is 7.02. The molecule has 6 nitrogen and oxygen atoms in total. The lowest BCUT2D eigenvalue weighted by Gasteiger charge is -2.18. The highest BCUT2D eigenvalue weighted by Crippen LogP contribution is 2.32. The highest BCUT2D eigenvalue weighted by Gasteiger charge is 2.31. The van der Waals surface area contributed by atoms with E-state index in [2.05, 4.69) is 5.10 Å². The van der Waals surface area contributed by atoms with Crippen molar-refractivity contribution in [3.05, 3.63) is 21.5 Å². The molecular weight excluding hydrogens is 220 g/mol. The minimum absolute atomic E-state index is 0.0820. The summed E-state index contributed by atoms with van der Waals surface area (Å²) in [5, 5.41) is 15.4. The minimum atomic E-state index is -0.366. The van der Waals surface area contributed by atoms with Crippen molar-refractivity contribution in [2.75, 3.05) is 0 Å². The topological polar surface area (TPSA) is 87.0 Å². The van der Waals surface area contributed by atoms with Crippen LogP contribution in [0.15, 0.2) is 0 Å². The van der Waals surface area contributed by atoms with E-state index in [0.717, 1.165) is 0 Å². The van der Waals surface area contributed by atoms with Gasteiger partial charge in [-0.25, -0.2) is 0 Å². The van der Waals surface area contributed by atoms with Crippen LogP contribution in [0.4, 0.5) is 5.69 Å². The molecule has 0 aliphatic carbocycles. The van der Waals surface area contributed by atoms with Crippen molar-refractivity contribution in [2.45, 2.75) is 52.6 Å². The fraction of sp³-hybridized carbons (Fsp3) is 0.727. The zero-order valence-electron chi connectivity index (χ0n) is 11.0. The quantitative estimate of drug-likeness (QED) is 0.645. The molecule has 96 valence electrons. The van der Waals surface area contributed by atoms with Crippen molar-refractivity contribution in [3.63, 3.8) is 0 Å². The minimum Gasteiger partial charge on any atom is -0.327 e. The molecule has 1 heterocycles. The van der Waals surface area contributed by atoms with Crippen LogP contribution in [-0.4, -0.2) is 20.7 Å². The van der Waals surface area contributed by atoms with Crippen LogP contribution >= 0.6 is 0 Å². The van der Waals surface area contributed by atoms with Crippen molar-refractivity contribution in [1.29, 1.82) is 0 Å². The van der Waals surface area contributed by atoms with Gasteiger partial charge in [0.25, 0.3) is 0 Å². The van der Waals surface area contributed by atoms with Gasteiger partial charge in [0, 0.05) is 18.0 Å². The summed E-state index contributed by atoms with van der Waals surface area (Å²) in [6.45, 7) is 9.31. The molecule has 0 amide bonds. The second kappa shape index (κ2) is 4.83. The van der Waals surface area contributed by atoms with Gasteiger partial charge in [-0.2, -0.15) is 5.10 Å². The van der Waals surface area contributed by atoms with Crippen LogP contribution in [0.2, 0.25) is 0 Å². The first-order valence-electron chi connectivity index (χ1n) is 5.76. The monoisotopic (exact) mass is 240 g/mol. The van der Waals surface area contributed by atoms with Gasteiger partial charge in [-0.3, -0.25) is 14.8 Å². The Kier molecular flexibility index (Phi) is 3.87. The van der Waals surface area contributed by atoms with Crippen LogP contribution in [0, 0.1) is 17.0 Å². The number of nitrogens with two attached hydrogens (primary N) is 1. The van der Waals surface area contributed by atoms with E-state index in [9.17, 15) is 10.1 Å². The molecule has 1 aromatic heterocycles. The Morgan fingerprint density at radius 2 is 1.88 bits per heavy atom. The van der Waals surface area contributed by atoms with Crippen LogP contribution in [0.5, 0.6) is 0 Å². The molecule has 0 aliphatic rings. The average Bonchev–Trinajstić information content (AvgIpc) is 2.54. The van der Waals surface area contributed by atoms with Gasteiger partial charge in [0.1, 0.15) is 11.4 Å². The summed E-state index contributed by atoms with van der Waals surface area (Å²) in [7, 11) is 0. The van der Waals surface area contributed by atoms with E-state index in [1.807, 2.05) is 27.7 Å². The van der Waals surface area contributed by atoms with E-state index in [0.29, 0.717) is 11.4 Å². The summed E-state index contributed by atoms with van der Waals surface area (Å²) >= 11 is 0. The van der Waals surface area contributed by atoms with Gasteiger partial charge >= 0.3 is 5.69 Å². The van der Waals surface area contributed by atoms with Gasteiger partial charge in [0.2, 0.25) is 0 Å². The van der Waals surface area contributed by atoms with Crippen molar-refractivity contribution in [3.8, 4) is 0 Å². The molecule has 2 unspecified atom stereocenters. The van der Waals surface area contributed by atoms with Crippen LogP contribution < -0.4 is 5.73 Å². The van der Waals surface area contributed by atoms with Crippen molar-refractivity contribution < 1.29 is 4.92 Å². The van der Waals surface area contributed by atoms with E-state index in [4.69, 9.17) is 5.73 Å². The molecule has 6 heteroatoms. The second-order valence-electron chi connectivity index (χ2n) is 4.76. The lowest BCUT2D eigenvalue weighted by Crippen LogP contribution is -2.26. The molecule has 17 heavy (non-hydrogen) atoms. The lowest BCUT2D eigenvalue weighted by molar-refractivity contribution is -0.386. The molecule has 0 saturated heterocycles. The molecule has 2 N–H and O–H groups in total. The number of hydrogen-bond donors (Lipinski definition) is 1. The first-order valence-corrected chi connectivity index (χ1v) is 5.76. The summed E-state index contributed by atoms with van der Waals surface area (Å²) < 4.78 is 1.71. The number of rotatable bonds is 4. The zero-order valence-corrected chi connectivity index (χ0v) is 11.0. The highest BCUT2D eigenvalue weighted by atomic mass is 16.6. The van der Waals surface area contributed by atoms with E-state index < -0.39 is 0 Å². The van der Waals surface area contributed by atoms with Crippen molar-refractivity contribution in [2.24, 2.45) is 5.73 Å². The number of aryl methyl sites for hydroxylation is 1. The summed E-state index contributed by atoms with van der Waals surface area (Å²) in [4.78, 5) is 10.8. The Balaban J connectivity index is 3.45. The van der Waals surface area contributed by atoms with Gasteiger partial charge < -0.3 is 5.73 Å². The highest BCUT2D eigenvalue weighted by molar-refractivity contribution is 5.43.